The first-order chi connectivity index (χ1) is 9.81. The maximum atomic E-state index is 12.2. The molecule has 10 nitrogen and oxygen atoms in total. The molecule has 1 atom stereocenters. The number of nitro benzene ring substituents is 1. The van der Waals surface area contributed by atoms with E-state index in [9.17, 15) is 18.5 Å². The predicted molar refractivity (Wildman–Crippen MR) is 71.0 cm³/mol. The van der Waals surface area contributed by atoms with Crippen molar-refractivity contribution in [2.24, 2.45) is 0 Å². The molecule has 1 heterocycles. The Hall–Kier alpha value is -2.11. The van der Waals surface area contributed by atoms with E-state index < -0.39 is 31.6 Å². The highest BCUT2D eigenvalue weighted by atomic mass is 35.5. The maximum Gasteiger partial charge on any atom is 0.290 e. The van der Waals surface area contributed by atoms with Gasteiger partial charge in [0.15, 0.2) is 10.7 Å². The normalized spacial score (nSPS) is 13.0. The number of halogens is 1. The van der Waals surface area contributed by atoms with E-state index in [4.69, 9.17) is 11.6 Å². The van der Waals surface area contributed by atoms with Crippen molar-refractivity contribution in [3.8, 4) is 0 Å². The number of aromatic amines is 1. The Morgan fingerprint density at radius 1 is 1.48 bits per heavy atom. The summed E-state index contributed by atoms with van der Waals surface area (Å²) in [6.07, 6.45) is 0. The van der Waals surface area contributed by atoms with Gasteiger partial charge in [-0.05, 0) is 19.1 Å². The van der Waals surface area contributed by atoms with Crippen LogP contribution in [0.2, 0.25) is 5.02 Å². The standard InChI is InChI=1S/C9H9ClN6O4S/c1-5(9-11-14-15-12-9)13-21(19,20)8-3-2-6(10)4-7(8)16(17)18/h2-5,13H,1H3,(H,11,12,14,15). The van der Waals surface area contributed by atoms with Crippen molar-refractivity contribution in [1.29, 1.82) is 0 Å². The van der Waals surface area contributed by atoms with Crippen LogP contribution in [0.25, 0.3) is 0 Å². The quantitative estimate of drug-likeness (QED) is 0.608. The van der Waals surface area contributed by atoms with Gasteiger partial charge in [0.05, 0.1) is 11.0 Å². The number of nitrogens with zero attached hydrogens (tertiary/aromatic N) is 4. The third-order valence-corrected chi connectivity index (χ3v) is 4.31. The minimum Gasteiger partial charge on any atom is -0.258 e. The molecule has 0 spiro atoms. The third-order valence-electron chi connectivity index (χ3n) is 2.49. The van der Waals surface area contributed by atoms with E-state index >= 15 is 0 Å². The van der Waals surface area contributed by atoms with Gasteiger partial charge < -0.3 is 0 Å². The number of hydrogen-bond donors (Lipinski definition) is 2. The molecule has 21 heavy (non-hydrogen) atoms. The topological polar surface area (TPSA) is 144 Å². The van der Waals surface area contributed by atoms with E-state index in [1.54, 1.807) is 0 Å². The lowest BCUT2D eigenvalue weighted by atomic mass is 10.3. The monoisotopic (exact) mass is 332 g/mol. The largest absolute Gasteiger partial charge is 0.290 e. The molecule has 0 aliphatic carbocycles. The Kier molecular flexibility index (Phi) is 4.16. The van der Waals surface area contributed by atoms with Crippen molar-refractivity contribution in [2.75, 3.05) is 0 Å². The highest BCUT2D eigenvalue weighted by Crippen LogP contribution is 2.27. The molecule has 2 aromatic rings. The van der Waals surface area contributed by atoms with Crippen LogP contribution in [0.1, 0.15) is 18.8 Å². The molecule has 2 N–H and O–H groups in total. The fourth-order valence-electron chi connectivity index (χ4n) is 1.56. The minimum absolute atomic E-state index is 0.0619. The summed E-state index contributed by atoms with van der Waals surface area (Å²) in [6, 6.07) is 2.47. The van der Waals surface area contributed by atoms with Gasteiger partial charge in [0, 0.05) is 11.1 Å². The Bertz CT molecular complexity index is 763. The molecule has 0 aliphatic heterocycles. The van der Waals surface area contributed by atoms with Crippen LogP contribution < -0.4 is 4.72 Å². The molecule has 0 fully saturated rings. The first-order valence-corrected chi connectivity index (χ1v) is 7.37. The highest BCUT2D eigenvalue weighted by molar-refractivity contribution is 7.89. The maximum absolute atomic E-state index is 12.2. The summed E-state index contributed by atoms with van der Waals surface area (Å²) in [5.74, 6) is 0.107. The number of nitrogens with one attached hydrogen (secondary N) is 2. The lowest BCUT2D eigenvalue weighted by Crippen LogP contribution is -2.28. The van der Waals surface area contributed by atoms with E-state index in [1.807, 2.05) is 0 Å². The van der Waals surface area contributed by atoms with Crippen molar-refractivity contribution in [1.82, 2.24) is 25.3 Å². The Balaban J connectivity index is 2.38. The molecule has 0 amide bonds. The molecule has 0 aliphatic rings. The Morgan fingerprint density at radius 3 is 2.76 bits per heavy atom. The molecule has 1 aromatic heterocycles. The lowest BCUT2D eigenvalue weighted by molar-refractivity contribution is -0.387. The van der Waals surface area contributed by atoms with E-state index in [1.165, 1.54) is 13.0 Å². The van der Waals surface area contributed by atoms with Crippen LogP contribution >= 0.6 is 11.6 Å². The SMILES string of the molecule is CC(NS(=O)(=O)c1ccc(Cl)cc1[N+](=O)[O-])c1nn[nH]n1. The van der Waals surface area contributed by atoms with Gasteiger partial charge in [0.25, 0.3) is 5.69 Å². The summed E-state index contributed by atoms with van der Waals surface area (Å²) in [6.45, 7) is 1.48. The summed E-state index contributed by atoms with van der Waals surface area (Å²) >= 11 is 5.65. The van der Waals surface area contributed by atoms with Gasteiger partial charge in [0.1, 0.15) is 0 Å². The lowest BCUT2D eigenvalue weighted by Gasteiger charge is -2.11. The first-order valence-electron chi connectivity index (χ1n) is 5.51. The van der Waals surface area contributed by atoms with Crippen molar-refractivity contribution < 1.29 is 13.3 Å². The molecule has 1 aromatic carbocycles. The molecule has 0 saturated carbocycles. The summed E-state index contributed by atoms with van der Waals surface area (Å²) in [5.41, 5.74) is -0.615. The zero-order chi connectivity index (χ0) is 15.6. The average Bonchev–Trinajstić information content (AvgIpc) is 2.91. The predicted octanol–water partition coefficient (Wildman–Crippen LogP) is 0.801. The van der Waals surface area contributed by atoms with Crippen molar-refractivity contribution in [2.45, 2.75) is 17.9 Å². The molecule has 12 heteroatoms. The smallest absolute Gasteiger partial charge is 0.258 e. The van der Waals surface area contributed by atoms with Gasteiger partial charge in [0.2, 0.25) is 10.0 Å². The van der Waals surface area contributed by atoms with Crippen molar-refractivity contribution in [3.05, 3.63) is 39.2 Å². The van der Waals surface area contributed by atoms with Gasteiger partial charge in [-0.15, -0.1) is 10.2 Å². The second-order valence-corrected chi connectivity index (χ2v) is 6.10. The zero-order valence-electron chi connectivity index (χ0n) is 10.5. The summed E-state index contributed by atoms with van der Waals surface area (Å²) in [4.78, 5) is 9.64. The molecule has 2 rings (SSSR count). The molecule has 112 valence electrons. The van der Waals surface area contributed by atoms with E-state index in [0.717, 1.165) is 12.1 Å². The number of hydrogen-bond acceptors (Lipinski definition) is 7. The molecular weight excluding hydrogens is 324 g/mol. The number of nitro groups is 1. The van der Waals surface area contributed by atoms with Crippen LogP contribution in [-0.2, 0) is 10.0 Å². The van der Waals surface area contributed by atoms with Crippen molar-refractivity contribution >= 4 is 27.3 Å². The number of rotatable bonds is 5. The van der Waals surface area contributed by atoms with Crippen LogP contribution in [0.5, 0.6) is 0 Å². The van der Waals surface area contributed by atoms with E-state index in [0.29, 0.717) is 0 Å². The number of benzene rings is 1. The van der Waals surface area contributed by atoms with E-state index in [-0.39, 0.29) is 10.8 Å². The van der Waals surface area contributed by atoms with Crippen LogP contribution in [0.3, 0.4) is 0 Å². The van der Waals surface area contributed by atoms with Gasteiger partial charge in [-0.3, -0.25) is 10.1 Å². The average molecular weight is 333 g/mol. The zero-order valence-corrected chi connectivity index (χ0v) is 12.1. The first kappa shape index (κ1) is 15.3. The third kappa shape index (κ3) is 3.32. The Morgan fingerprint density at radius 2 is 2.19 bits per heavy atom. The van der Waals surface area contributed by atoms with Crippen LogP contribution in [0.15, 0.2) is 23.1 Å². The summed E-state index contributed by atoms with van der Waals surface area (Å²) < 4.78 is 26.7. The fourth-order valence-corrected chi connectivity index (χ4v) is 3.08. The van der Waals surface area contributed by atoms with Crippen LogP contribution in [0, 0.1) is 10.1 Å². The molecular formula is C9H9ClN6O4S. The van der Waals surface area contributed by atoms with Crippen molar-refractivity contribution in [3.63, 3.8) is 0 Å². The van der Waals surface area contributed by atoms with Crippen LogP contribution in [-0.4, -0.2) is 34.0 Å². The number of sulfonamides is 1. The summed E-state index contributed by atoms with van der Waals surface area (Å²) in [5, 5.41) is 23.8. The molecule has 0 radical (unpaired) electrons. The van der Waals surface area contributed by atoms with Gasteiger partial charge in [-0.25, -0.2) is 13.1 Å². The fraction of sp³-hybridized carbons (Fsp3) is 0.222. The van der Waals surface area contributed by atoms with E-state index in [2.05, 4.69) is 25.3 Å². The Labute approximate surface area is 123 Å². The second kappa shape index (κ2) is 5.71. The van der Waals surface area contributed by atoms with Gasteiger partial charge in [-0.2, -0.15) is 5.21 Å². The second-order valence-electron chi connectivity index (χ2n) is 3.98. The van der Waals surface area contributed by atoms with Gasteiger partial charge >= 0.3 is 0 Å². The summed E-state index contributed by atoms with van der Waals surface area (Å²) in [7, 11) is -4.15. The molecule has 0 bridgehead atoms. The minimum atomic E-state index is -4.15. The molecule has 0 saturated heterocycles. The highest BCUT2D eigenvalue weighted by Gasteiger charge is 2.28. The number of aromatic nitrogens is 4. The number of H-pyrrole nitrogens is 1. The van der Waals surface area contributed by atoms with Crippen LogP contribution in [0.4, 0.5) is 5.69 Å². The number of tetrazole rings is 1. The molecule has 1 unspecified atom stereocenters. The van der Waals surface area contributed by atoms with Gasteiger partial charge in [-0.1, -0.05) is 16.8 Å².